The van der Waals surface area contributed by atoms with Crippen molar-refractivity contribution >= 4 is 16.9 Å². The summed E-state index contributed by atoms with van der Waals surface area (Å²) in [4.78, 5) is 28.1. The lowest BCUT2D eigenvalue weighted by molar-refractivity contribution is -0.121. The number of hydrogen-bond donors (Lipinski definition) is 1. The molecule has 23 heavy (non-hydrogen) atoms. The molecule has 1 fully saturated rings. The molecule has 1 aliphatic rings. The Balaban J connectivity index is 1.49. The monoisotopic (exact) mass is 315 g/mol. The fourth-order valence-corrected chi connectivity index (χ4v) is 2.41. The summed E-state index contributed by atoms with van der Waals surface area (Å²) in [6.45, 7) is 2.06. The van der Waals surface area contributed by atoms with Gasteiger partial charge in [0, 0.05) is 19.8 Å². The van der Waals surface area contributed by atoms with Crippen LogP contribution in [0.3, 0.4) is 0 Å². The molecule has 6 nitrogen and oxygen atoms in total. The molecule has 1 N–H and O–H groups in total. The molecule has 0 saturated heterocycles. The lowest BCUT2D eigenvalue weighted by Gasteiger charge is -2.10. The van der Waals surface area contributed by atoms with Gasteiger partial charge in [-0.1, -0.05) is 12.1 Å². The average Bonchev–Trinajstić information content (AvgIpc) is 3.38. The van der Waals surface area contributed by atoms with Crippen LogP contribution < -0.4 is 10.9 Å². The van der Waals surface area contributed by atoms with Gasteiger partial charge >= 0.3 is 0 Å². The number of fused-ring (bicyclic) bond motifs is 1. The van der Waals surface area contributed by atoms with Gasteiger partial charge in [0.15, 0.2) is 0 Å². The van der Waals surface area contributed by atoms with Crippen LogP contribution in [0.5, 0.6) is 0 Å². The van der Waals surface area contributed by atoms with Crippen molar-refractivity contribution in [3.8, 4) is 0 Å². The summed E-state index contributed by atoms with van der Waals surface area (Å²) in [5.74, 6) is 0.585. The maximum Gasteiger partial charge on any atom is 0.269 e. The smallest absolute Gasteiger partial charge is 0.269 e. The van der Waals surface area contributed by atoms with Crippen molar-refractivity contribution in [3.05, 3.63) is 40.8 Å². The number of carbonyl (C=O) groups excluding carboxylic acids is 1. The van der Waals surface area contributed by atoms with Gasteiger partial charge in [0.2, 0.25) is 5.91 Å². The molecule has 0 bridgehead atoms. The topological polar surface area (TPSA) is 73.2 Å². The number of hydrogen-bond acceptors (Lipinski definition) is 4. The molecule has 0 aliphatic heterocycles. The van der Waals surface area contributed by atoms with E-state index in [0.717, 1.165) is 18.9 Å². The molecule has 1 heterocycles. The summed E-state index contributed by atoms with van der Waals surface area (Å²) in [6.07, 6.45) is 4.60. The quantitative estimate of drug-likeness (QED) is 0.746. The SMILES string of the molecule is O=C(Cn1c(=O)cnc2ccccc21)NCCCOCC1CC1. The summed E-state index contributed by atoms with van der Waals surface area (Å²) >= 11 is 0. The Morgan fingerprint density at radius 2 is 2.17 bits per heavy atom. The number of para-hydroxylation sites is 2. The average molecular weight is 315 g/mol. The van der Waals surface area contributed by atoms with Crippen LogP contribution in [0.4, 0.5) is 0 Å². The molecule has 0 unspecified atom stereocenters. The zero-order valence-electron chi connectivity index (χ0n) is 13.0. The van der Waals surface area contributed by atoms with Crippen LogP contribution in [0, 0.1) is 5.92 Å². The van der Waals surface area contributed by atoms with Crippen LogP contribution in [-0.2, 0) is 16.1 Å². The highest BCUT2D eigenvalue weighted by Gasteiger charge is 2.20. The molecule has 2 aromatic rings. The molecule has 1 aromatic carbocycles. The van der Waals surface area contributed by atoms with E-state index in [1.807, 2.05) is 18.2 Å². The fraction of sp³-hybridized carbons (Fsp3) is 0.471. The van der Waals surface area contributed by atoms with Gasteiger partial charge in [0.25, 0.3) is 5.56 Å². The lowest BCUT2D eigenvalue weighted by atomic mass is 10.3. The van der Waals surface area contributed by atoms with Crippen LogP contribution in [0.1, 0.15) is 19.3 Å². The molecule has 0 radical (unpaired) electrons. The fourth-order valence-electron chi connectivity index (χ4n) is 2.41. The van der Waals surface area contributed by atoms with Gasteiger partial charge in [-0.05, 0) is 37.3 Å². The first-order valence-electron chi connectivity index (χ1n) is 8.03. The van der Waals surface area contributed by atoms with E-state index in [4.69, 9.17) is 4.74 Å². The molecule has 6 heteroatoms. The van der Waals surface area contributed by atoms with E-state index in [9.17, 15) is 9.59 Å². The molecule has 0 spiro atoms. The molecule has 3 rings (SSSR count). The Morgan fingerprint density at radius 3 is 3.00 bits per heavy atom. The van der Waals surface area contributed by atoms with E-state index >= 15 is 0 Å². The largest absolute Gasteiger partial charge is 0.381 e. The van der Waals surface area contributed by atoms with Crippen LogP contribution >= 0.6 is 0 Å². The molecular weight excluding hydrogens is 294 g/mol. The Hall–Kier alpha value is -2.21. The van der Waals surface area contributed by atoms with Crippen LogP contribution in [0.25, 0.3) is 11.0 Å². The third kappa shape index (κ3) is 4.39. The number of nitrogens with zero attached hydrogens (tertiary/aromatic N) is 2. The van der Waals surface area contributed by atoms with Crippen molar-refractivity contribution in [2.45, 2.75) is 25.8 Å². The summed E-state index contributed by atoms with van der Waals surface area (Å²) < 4.78 is 6.97. The number of rotatable bonds is 8. The molecule has 1 aliphatic carbocycles. The minimum atomic E-state index is -0.272. The van der Waals surface area contributed by atoms with Crippen molar-refractivity contribution in [3.63, 3.8) is 0 Å². The van der Waals surface area contributed by atoms with E-state index < -0.39 is 0 Å². The van der Waals surface area contributed by atoms with Crippen LogP contribution in [-0.4, -0.2) is 35.2 Å². The Kier molecular flexibility index (Phi) is 5.02. The zero-order chi connectivity index (χ0) is 16.1. The zero-order valence-corrected chi connectivity index (χ0v) is 13.0. The van der Waals surface area contributed by atoms with Crippen molar-refractivity contribution in [2.24, 2.45) is 5.92 Å². The highest BCUT2D eigenvalue weighted by molar-refractivity contribution is 5.79. The summed E-state index contributed by atoms with van der Waals surface area (Å²) in [7, 11) is 0. The van der Waals surface area contributed by atoms with Gasteiger partial charge in [0.1, 0.15) is 6.54 Å². The summed E-state index contributed by atoms with van der Waals surface area (Å²) in [6, 6.07) is 7.30. The van der Waals surface area contributed by atoms with Gasteiger partial charge in [0.05, 0.1) is 17.2 Å². The van der Waals surface area contributed by atoms with E-state index in [1.54, 1.807) is 6.07 Å². The molecule has 1 aromatic heterocycles. The van der Waals surface area contributed by atoms with Crippen molar-refractivity contribution in [1.29, 1.82) is 0 Å². The van der Waals surface area contributed by atoms with Gasteiger partial charge in [-0.25, -0.2) is 4.98 Å². The number of ether oxygens (including phenoxy) is 1. The van der Waals surface area contributed by atoms with E-state index in [-0.39, 0.29) is 18.0 Å². The van der Waals surface area contributed by atoms with Gasteiger partial charge in [-0.2, -0.15) is 0 Å². The van der Waals surface area contributed by atoms with Gasteiger partial charge in [-0.3, -0.25) is 14.2 Å². The lowest BCUT2D eigenvalue weighted by Crippen LogP contribution is -2.33. The first-order valence-corrected chi connectivity index (χ1v) is 8.03. The third-order valence-electron chi connectivity index (χ3n) is 3.89. The predicted molar refractivity (Wildman–Crippen MR) is 87.2 cm³/mol. The normalized spacial score (nSPS) is 14.1. The number of carbonyl (C=O) groups is 1. The standard InChI is InChI=1S/C17H21N3O3/c21-16(18-8-3-9-23-12-13-6-7-13)11-20-15-5-2-1-4-14(15)19-10-17(20)22/h1-2,4-5,10,13H,3,6-9,11-12H2,(H,18,21). The molecule has 122 valence electrons. The minimum Gasteiger partial charge on any atom is -0.381 e. The summed E-state index contributed by atoms with van der Waals surface area (Å²) in [5.41, 5.74) is 1.10. The molecule has 1 saturated carbocycles. The van der Waals surface area contributed by atoms with Gasteiger partial charge < -0.3 is 10.1 Å². The first kappa shape index (κ1) is 15.7. The van der Waals surface area contributed by atoms with Gasteiger partial charge in [-0.15, -0.1) is 0 Å². The van der Waals surface area contributed by atoms with Crippen LogP contribution in [0.15, 0.2) is 35.3 Å². The highest BCUT2D eigenvalue weighted by Crippen LogP contribution is 2.28. The van der Waals surface area contributed by atoms with Crippen molar-refractivity contribution in [2.75, 3.05) is 19.8 Å². The third-order valence-corrected chi connectivity index (χ3v) is 3.89. The second-order valence-electron chi connectivity index (χ2n) is 5.89. The second kappa shape index (κ2) is 7.37. The molecular formula is C17H21N3O3. The first-order chi connectivity index (χ1) is 11.2. The Morgan fingerprint density at radius 1 is 1.35 bits per heavy atom. The van der Waals surface area contributed by atoms with Crippen molar-refractivity contribution < 1.29 is 9.53 Å². The van der Waals surface area contributed by atoms with E-state index in [2.05, 4.69) is 10.3 Å². The Labute approximate surface area is 134 Å². The van der Waals surface area contributed by atoms with Crippen LogP contribution in [0.2, 0.25) is 0 Å². The number of nitrogens with one attached hydrogen (secondary N) is 1. The second-order valence-corrected chi connectivity index (χ2v) is 5.89. The summed E-state index contributed by atoms with van der Waals surface area (Å²) in [5, 5.41) is 2.83. The highest BCUT2D eigenvalue weighted by atomic mass is 16.5. The minimum absolute atomic E-state index is 0.00476. The maximum absolute atomic E-state index is 12.0. The number of benzene rings is 1. The molecule has 1 amide bonds. The predicted octanol–water partition coefficient (Wildman–Crippen LogP) is 1.33. The van der Waals surface area contributed by atoms with E-state index in [0.29, 0.717) is 24.2 Å². The van der Waals surface area contributed by atoms with Crippen molar-refractivity contribution in [1.82, 2.24) is 14.9 Å². The number of aromatic nitrogens is 2. The molecule has 0 atom stereocenters. The number of amides is 1. The Bertz CT molecular complexity index is 737. The van der Waals surface area contributed by atoms with E-state index in [1.165, 1.54) is 23.6 Å². The maximum atomic E-state index is 12.0.